The topological polar surface area (TPSA) is 41.1 Å². The predicted molar refractivity (Wildman–Crippen MR) is 85.0 cm³/mol. The van der Waals surface area contributed by atoms with Gasteiger partial charge in [-0.05, 0) is 35.7 Å². The minimum atomic E-state index is -0.226. The van der Waals surface area contributed by atoms with E-state index in [1.807, 2.05) is 24.3 Å². The van der Waals surface area contributed by atoms with E-state index in [0.717, 1.165) is 28.8 Å². The highest BCUT2D eigenvalue weighted by Gasteiger charge is 2.18. The van der Waals surface area contributed by atoms with E-state index in [-0.39, 0.29) is 11.7 Å². The fourth-order valence-electron chi connectivity index (χ4n) is 2.46. The largest absolute Gasteiger partial charge is 0.390 e. The molecule has 0 bridgehead atoms. The zero-order valence-corrected chi connectivity index (χ0v) is 12.1. The summed E-state index contributed by atoms with van der Waals surface area (Å²) in [6.07, 6.45) is 3.18. The number of hydrogen-bond donors (Lipinski definition) is 2. The molecule has 1 aliphatic rings. The van der Waals surface area contributed by atoms with E-state index in [1.54, 1.807) is 18.3 Å². The van der Waals surface area contributed by atoms with Crippen molar-refractivity contribution in [2.24, 2.45) is 0 Å². The summed E-state index contributed by atoms with van der Waals surface area (Å²) < 4.78 is 12.8. The molecular weight excluding hydrogens is 279 g/mol. The van der Waals surface area contributed by atoms with Crippen molar-refractivity contribution in [2.75, 3.05) is 11.9 Å². The maximum Gasteiger partial charge on any atom is 0.253 e. The highest BCUT2D eigenvalue weighted by molar-refractivity contribution is 6.06. The summed E-state index contributed by atoms with van der Waals surface area (Å²) >= 11 is 0. The average molecular weight is 296 g/mol. The van der Waals surface area contributed by atoms with Gasteiger partial charge >= 0.3 is 0 Å². The zero-order chi connectivity index (χ0) is 15.4. The maximum atomic E-state index is 12.8. The van der Waals surface area contributed by atoms with E-state index in [4.69, 9.17) is 0 Å². The van der Waals surface area contributed by atoms with Crippen LogP contribution in [0.5, 0.6) is 0 Å². The molecule has 112 valence electrons. The lowest BCUT2D eigenvalue weighted by molar-refractivity contribution is -0.113. The Morgan fingerprint density at radius 1 is 1.14 bits per heavy atom. The van der Waals surface area contributed by atoms with Crippen molar-refractivity contribution in [3.8, 4) is 0 Å². The molecule has 1 aliphatic heterocycles. The summed E-state index contributed by atoms with van der Waals surface area (Å²) in [5.74, 6) is -0.288. The normalized spacial score (nSPS) is 15.3. The molecule has 0 radical (unpaired) electrons. The standard InChI is InChI=1S/C18H17FN2O/c19-16-7-5-13(6-8-16)9-10-20-12-15-11-14-3-1-2-4-17(14)21-18(15)22/h1-8,12,20H,9-11H2,(H,21,22)/b15-12+. The summed E-state index contributed by atoms with van der Waals surface area (Å²) in [6.45, 7) is 0.698. The number of fused-ring (bicyclic) bond motifs is 1. The minimum absolute atomic E-state index is 0.0621. The molecule has 2 aromatic carbocycles. The molecule has 2 N–H and O–H groups in total. The Balaban J connectivity index is 1.57. The lowest BCUT2D eigenvalue weighted by atomic mass is 9.99. The summed E-state index contributed by atoms with van der Waals surface area (Å²) in [6, 6.07) is 14.3. The molecular formula is C18H17FN2O. The van der Waals surface area contributed by atoms with Gasteiger partial charge in [0, 0.05) is 30.4 Å². The Hall–Kier alpha value is -2.62. The smallest absolute Gasteiger partial charge is 0.253 e. The fraction of sp³-hybridized carbons (Fsp3) is 0.167. The number of rotatable bonds is 4. The lowest BCUT2D eigenvalue weighted by Crippen LogP contribution is -2.24. The first-order valence-electron chi connectivity index (χ1n) is 7.28. The second-order valence-corrected chi connectivity index (χ2v) is 5.29. The maximum absolute atomic E-state index is 12.8. The molecule has 0 aliphatic carbocycles. The van der Waals surface area contributed by atoms with Crippen molar-refractivity contribution in [2.45, 2.75) is 12.8 Å². The first-order valence-corrected chi connectivity index (χ1v) is 7.28. The summed E-state index contributed by atoms with van der Waals surface area (Å²) in [7, 11) is 0. The number of carbonyl (C=O) groups excluding carboxylic acids is 1. The second-order valence-electron chi connectivity index (χ2n) is 5.29. The third kappa shape index (κ3) is 3.34. The van der Waals surface area contributed by atoms with Gasteiger partial charge in [0.05, 0.1) is 0 Å². The molecule has 0 unspecified atom stereocenters. The van der Waals surface area contributed by atoms with E-state index in [0.29, 0.717) is 13.0 Å². The predicted octanol–water partition coefficient (Wildman–Crippen LogP) is 3.04. The van der Waals surface area contributed by atoms with Gasteiger partial charge < -0.3 is 10.6 Å². The van der Waals surface area contributed by atoms with Gasteiger partial charge in [0.15, 0.2) is 0 Å². The third-order valence-electron chi connectivity index (χ3n) is 3.69. The lowest BCUT2D eigenvalue weighted by Gasteiger charge is -2.19. The number of para-hydroxylation sites is 1. The number of anilines is 1. The van der Waals surface area contributed by atoms with Crippen LogP contribution < -0.4 is 10.6 Å². The number of hydrogen-bond acceptors (Lipinski definition) is 2. The molecule has 0 saturated carbocycles. The van der Waals surface area contributed by atoms with Crippen LogP contribution in [0.25, 0.3) is 0 Å². The van der Waals surface area contributed by atoms with E-state index in [2.05, 4.69) is 10.6 Å². The van der Waals surface area contributed by atoms with Crippen LogP contribution >= 0.6 is 0 Å². The van der Waals surface area contributed by atoms with Crippen LogP contribution in [0.15, 0.2) is 60.3 Å². The molecule has 0 atom stereocenters. The fourth-order valence-corrected chi connectivity index (χ4v) is 2.46. The van der Waals surface area contributed by atoms with Crippen LogP contribution in [-0.2, 0) is 17.6 Å². The van der Waals surface area contributed by atoms with Crippen molar-refractivity contribution in [1.82, 2.24) is 5.32 Å². The number of amides is 1. The SMILES string of the molecule is O=C1Nc2ccccc2C/C1=C\NCCc1ccc(F)cc1. The third-order valence-corrected chi connectivity index (χ3v) is 3.69. The van der Waals surface area contributed by atoms with Gasteiger partial charge in [-0.2, -0.15) is 0 Å². The quantitative estimate of drug-likeness (QED) is 0.672. The molecule has 22 heavy (non-hydrogen) atoms. The summed E-state index contributed by atoms with van der Waals surface area (Å²) in [4.78, 5) is 12.0. The van der Waals surface area contributed by atoms with Crippen LogP contribution in [0.3, 0.4) is 0 Å². The van der Waals surface area contributed by atoms with Gasteiger partial charge in [0.1, 0.15) is 5.82 Å². The monoisotopic (exact) mass is 296 g/mol. The van der Waals surface area contributed by atoms with Gasteiger partial charge in [-0.25, -0.2) is 4.39 Å². The molecule has 3 nitrogen and oxygen atoms in total. The highest BCUT2D eigenvalue weighted by atomic mass is 19.1. The molecule has 0 saturated heterocycles. The zero-order valence-electron chi connectivity index (χ0n) is 12.1. The molecule has 0 spiro atoms. The summed E-state index contributed by atoms with van der Waals surface area (Å²) in [5, 5.41) is 6.05. The number of carbonyl (C=O) groups is 1. The van der Waals surface area contributed by atoms with E-state index in [1.165, 1.54) is 12.1 Å². The van der Waals surface area contributed by atoms with Crippen molar-refractivity contribution in [3.63, 3.8) is 0 Å². The van der Waals surface area contributed by atoms with Crippen LogP contribution in [0.2, 0.25) is 0 Å². The van der Waals surface area contributed by atoms with Gasteiger partial charge in [0.25, 0.3) is 5.91 Å². The average Bonchev–Trinajstić information content (AvgIpc) is 2.53. The van der Waals surface area contributed by atoms with Crippen molar-refractivity contribution < 1.29 is 9.18 Å². The van der Waals surface area contributed by atoms with Crippen LogP contribution in [0.1, 0.15) is 11.1 Å². The first-order chi connectivity index (χ1) is 10.7. The Labute approximate surface area is 128 Å². The molecule has 0 fully saturated rings. The molecule has 3 rings (SSSR count). The Morgan fingerprint density at radius 2 is 1.91 bits per heavy atom. The Morgan fingerprint density at radius 3 is 2.73 bits per heavy atom. The number of benzene rings is 2. The molecule has 4 heteroatoms. The van der Waals surface area contributed by atoms with E-state index >= 15 is 0 Å². The number of nitrogens with one attached hydrogen (secondary N) is 2. The van der Waals surface area contributed by atoms with Gasteiger partial charge in [-0.1, -0.05) is 30.3 Å². The molecule has 1 amide bonds. The van der Waals surface area contributed by atoms with Crippen LogP contribution in [0.4, 0.5) is 10.1 Å². The molecule has 1 heterocycles. The molecule has 2 aromatic rings. The van der Waals surface area contributed by atoms with Crippen molar-refractivity contribution in [1.29, 1.82) is 0 Å². The van der Waals surface area contributed by atoms with Crippen LogP contribution in [0, 0.1) is 5.82 Å². The molecule has 0 aromatic heterocycles. The van der Waals surface area contributed by atoms with Crippen molar-refractivity contribution >= 4 is 11.6 Å². The number of halogens is 1. The van der Waals surface area contributed by atoms with E-state index < -0.39 is 0 Å². The first kappa shape index (κ1) is 14.3. The van der Waals surface area contributed by atoms with Crippen molar-refractivity contribution in [3.05, 3.63) is 77.2 Å². The Bertz CT molecular complexity index is 707. The minimum Gasteiger partial charge on any atom is -0.390 e. The van der Waals surface area contributed by atoms with Gasteiger partial charge in [-0.3, -0.25) is 4.79 Å². The second kappa shape index (κ2) is 6.43. The highest BCUT2D eigenvalue weighted by Crippen LogP contribution is 2.24. The van der Waals surface area contributed by atoms with Gasteiger partial charge in [0.2, 0.25) is 0 Å². The summed E-state index contributed by atoms with van der Waals surface area (Å²) in [5.41, 5.74) is 3.79. The van der Waals surface area contributed by atoms with Crippen LogP contribution in [-0.4, -0.2) is 12.5 Å². The van der Waals surface area contributed by atoms with E-state index in [9.17, 15) is 9.18 Å². The Kier molecular flexibility index (Phi) is 4.19. The van der Waals surface area contributed by atoms with Gasteiger partial charge in [-0.15, -0.1) is 0 Å².